The first-order valence-electron chi connectivity index (χ1n) is 5.91. The van der Waals surface area contributed by atoms with E-state index in [0.29, 0.717) is 22.5 Å². The molecule has 2 heterocycles. The number of fused-ring (bicyclic) bond motifs is 1. The Labute approximate surface area is 143 Å². The summed E-state index contributed by atoms with van der Waals surface area (Å²) in [5, 5.41) is 0.473. The van der Waals surface area contributed by atoms with E-state index in [-0.39, 0.29) is 6.79 Å². The highest BCUT2D eigenvalue weighted by Gasteiger charge is 2.20. The predicted octanol–water partition coefficient (Wildman–Crippen LogP) is 4.46. The quantitative estimate of drug-likeness (QED) is 0.484. The molecule has 1 aliphatic heterocycles. The maximum Gasteiger partial charge on any atom is 0.231 e. The van der Waals surface area contributed by atoms with E-state index in [0.717, 1.165) is 25.7 Å². The number of halogens is 3. The number of hydrogen-bond acceptors (Lipinski definition) is 4. The fraction of sp³-hybridized carbons (Fsp3) is 0.231. The third-order valence-electron chi connectivity index (χ3n) is 2.90. The molecule has 0 N–H and O–H groups in total. The number of aryl methyl sites for hydroxylation is 1. The molecule has 0 atom stereocenters. The molecule has 0 aliphatic carbocycles. The van der Waals surface area contributed by atoms with Gasteiger partial charge in [-0.15, -0.1) is 0 Å². The van der Waals surface area contributed by atoms with Crippen LogP contribution in [-0.4, -0.2) is 16.8 Å². The molecular formula is C13H9BrClIN2O2. The topological polar surface area (TPSA) is 44.2 Å². The van der Waals surface area contributed by atoms with Crippen molar-refractivity contribution in [3.8, 4) is 22.9 Å². The number of nitrogens with zero attached hydrogens (tertiary/aromatic N) is 2. The minimum absolute atomic E-state index is 0.228. The summed E-state index contributed by atoms with van der Waals surface area (Å²) in [6.45, 7) is 2.27. The zero-order valence-electron chi connectivity index (χ0n) is 10.4. The lowest BCUT2D eigenvalue weighted by Crippen LogP contribution is -1.99. The molecule has 0 amide bonds. The molecule has 3 rings (SSSR count). The lowest BCUT2D eigenvalue weighted by atomic mass is 10.2. The van der Waals surface area contributed by atoms with Gasteiger partial charge in [-0.3, -0.25) is 0 Å². The van der Waals surface area contributed by atoms with E-state index >= 15 is 0 Å². The van der Waals surface area contributed by atoms with Gasteiger partial charge >= 0.3 is 0 Å². The summed E-state index contributed by atoms with van der Waals surface area (Å²) >= 11 is 11.8. The van der Waals surface area contributed by atoms with E-state index in [1.807, 2.05) is 19.1 Å². The standard InChI is InChI=1S/C13H9BrClIN2O2/c1-2-8-10(16)12(15)18-13(17-8)6-3-7(14)11-9(4-6)19-5-20-11/h3-4H,2,5H2,1H3. The number of ether oxygens (including phenoxy) is 2. The van der Waals surface area contributed by atoms with Gasteiger partial charge in [0.05, 0.1) is 13.7 Å². The van der Waals surface area contributed by atoms with Gasteiger partial charge in [0.2, 0.25) is 6.79 Å². The summed E-state index contributed by atoms with van der Waals surface area (Å²) in [6, 6.07) is 3.77. The van der Waals surface area contributed by atoms with E-state index in [4.69, 9.17) is 21.1 Å². The Morgan fingerprint density at radius 1 is 1.35 bits per heavy atom. The molecule has 1 aromatic heterocycles. The second kappa shape index (κ2) is 5.65. The molecule has 0 saturated heterocycles. The maximum atomic E-state index is 6.18. The van der Waals surface area contributed by atoms with Gasteiger partial charge in [-0.1, -0.05) is 18.5 Å². The van der Waals surface area contributed by atoms with Crippen molar-refractivity contribution in [2.45, 2.75) is 13.3 Å². The largest absolute Gasteiger partial charge is 0.454 e. The van der Waals surface area contributed by atoms with Crippen LogP contribution in [0.25, 0.3) is 11.4 Å². The van der Waals surface area contributed by atoms with Gasteiger partial charge in [0.15, 0.2) is 17.3 Å². The van der Waals surface area contributed by atoms with E-state index in [1.54, 1.807) is 0 Å². The zero-order chi connectivity index (χ0) is 14.3. The molecule has 2 aromatic rings. The summed E-state index contributed by atoms with van der Waals surface area (Å²) in [5.41, 5.74) is 1.78. The molecule has 0 bridgehead atoms. The first-order chi connectivity index (χ1) is 9.60. The van der Waals surface area contributed by atoms with Gasteiger partial charge in [0, 0.05) is 5.56 Å². The van der Waals surface area contributed by atoms with E-state index < -0.39 is 0 Å². The van der Waals surface area contributed by atoms with Crippen molar-refractivity contribution in [1.82, 2.24) is 9.97 Å². The van der Waals surface area contributed by atoms with Crippen LogP contribution in [0.5, 0.6) is 11.5 Å². The molecular weight excluding hydrogens is 458 g/mol. The van der Waals surface area contributed by atoms with Gasteiger partial charge in [-0.2, -0.15) is 0 Å². The average Bonchev–Trinajstić information content (AvgIpc) is 2.90. The normalized spacial score (nSPS) is 12.8. The van der Waals surface area contributed by atoms with Crippen molar-refractivity contribution >= 4 is 50.1 Å². The van der Waals surface area contributed by atoms with Crippen molar-refractivity contribution in [2.75, 3.05) is 6.79 Å². The maximum absolute atomic E-state index is 6.18. The Hall–Kier alpha value is -0.600. The fourth-order valence-electron chi connectivity index (χ4n) is 1.92. The highest BCUT2D eigenvalue weighted by molar-refractivity contribution is 14.1. The second-order valence-corrected chi connectivity index (χ2v) is 6.44. The van der Waals surface area contributed by atoms with E-state index in [2.05, 4.69) is 48.5 Å². The van der Waals surface area contributed by atoms with Gasteiger partial charge in [0.25, 0.3) is 0 Å². The summed E-state index contributed by atoms with van der Waals surface area (Å²) in [7, 11) is 0. The van der Waals surface area contributed by atoms with E-state index in [1.165, 1.54) is 0 Å². The zero-order valence-corrected chi connectivity index (χ0v) is 14.9. The molecule has 7 heteroatoms. The van der Waals surface area contributed by atoms with Crippen molar-refractivity contribution < 1.29 is 9.47 Å². The Morgan fingerprint density at radius 2 is 2.15 bits per heavy atom. The Kier molecular flexibility index (Phi) is 4.05. The van der Waals surface area contributed by atoms with Gasteiger partial charge in [0.1, 0.15) is 5.15 Å². The molecule has 0 spiro atoms. The predicted molar refractivity (Wildman–Crippen MR) is 88.4 cm³/mol. The van der Waals surface area contributed by atoms with Gasteiger partial charge in [-0.05, 0) is 57.1 Å². The number of aromatic nitrogens is 2. The minimum Gasteiger partial charge on any atom is -0.454 e. The van der Waals surface area contributed by atoms with Crippen LogP contribution in [0.1, 0.15) is 12.6 Å². The molecule has 0 saturated carbocycles. The van der Waals surface area contributed by atoms with Gasteiger partial charge < -0.3 is 9.47 Å². The number of benzene rings is 1. The number of rotatable bonds is 2. The molecule has 1 aliphatic rings. The average molecular weight is 467 g/mol. The third kappa shape index (κ3) is 2.48. The SMILES string of the molecule is CCc1nc(-c2cc(Br)c3c(c2)OCO3)nc(Cl)c1I. The Balaban J connectivity index is 2.14. The van der Waals surface area contributed by atoms with Crippen molar-refractivity contribution in [3.05, 3.63) is 31.0 Å². The highest BCUT2D eigenvalue weighted by Crippen LogP contribution is 2.42. The van der Waals surface area contributed by atoms with Crippen molar-refractivity contribution in [2.24, 2.45) is 0 Å². The van der Waals surface area contributed by atoms with Crippen LogP contribution >= 0.6 is 50.1 Å². The summed E-state index contributed by atoms with van der Waals surface area (Å²) < 4.78 is 12.5. The second-order valence-electron chi connectivity index (χ2n) is 4.14. The monoisotopic (exact) mass is 466 g/mol. The minimum atomic E-state index is 0.228. The Morgan fingerprint density at radius 3 is 2.90 bits per heavy atom. The lowest BCUT2D eigenvalue weighted by Gasteiger charge is -2.08. The molecule has 0 radical (unpaired) electrons. The van der Waals surface area contributed by atoms with Crippen LogP contribution in [-0.2, 0) is 6.42 Å². The fourth-order valence-corrected chi connectivity index (χ4v) is 3.29. The van der Waals surface area contributed by atoms with Crippen LogP contribution in [0, 0.1) is 3.57 Å². The van der Waals surface area contributed by atoms with Crippen LogP contribution in [0.2, 0.25) is 5.15 Å². The highest BCUT2D eigenvalue weighted by atomic mass is 127. The van der Waals surface area contributed by atoms with Crippen molar-refractivity contribution in [1.29, 1.82) is 0 Å². The molecule has 0 fully saturated rings. The van der Waals surface area contributed by atoms with Crippen LogP contribution < -0.4 is 9.47 Å². The molecule has 4 nitrogen and oxygen atoms in total. The molecule has 1 aromatic carbocycles. The molecule has 20 heavy (non-hydrogen) atoms. The first-order valence-corrected chi connectivity index (χ1v) is 8.16. The summed E-state index contributed by atoms with van der Waals surface area (Å²) in [5.74, 6) is 1.98. The van der Waals surface area contributed by atoms with Crippen LogP contribution in [0.15, 0.2) is 16.6 Å². The van der Waals surface area contributed by atoms with Crippen LogP contribution in [0.3, 0.4) is 0 Å². The smallest absolute Gasteiger partial charge is 0.231 e. The first kappa shape index (κ1) is 14.3. The number of hydrogen-bond donors (Lipinski definition) is 0. The summed E-state index contributed by atoms with van der Waals surface area (Å²) in [6.07, 6.45) is 0.805. The molecule has 0 unspecified atom stereocenters. The Bertz CT molecular complexity index is 688. The lowest BCUT2D eigenvalue weighted by molar-refractivity contribution is 0.173. The van der Waals surface area contributed by atoms with Gasteiger partial charge in [-0.25, -0.2) is 9.97 Å². The van der Waals surface area contributed by atoms with E-state index in [9.17, 15) is 0 Å². The third-order valence-corrected chi connectivity index (χ3v) is 5.21. The molecule has 104 valence electrons. The van der Waals surface area contributed by atoms with Crippen LogP contribution in [0.4, 0.5) is 0 Å². The van der Waals surface area contributed by atoms with Crippen molar-refractivity contribution in [3.63, 3.8) is 0 Å². The summed E-state index contributed by atoms with van der Waals surface area (Å²) in [4.78, 5) is 8.92.